The minimum Gasteiger partial charge on any atom is -0.302 e. The highest BCUT2D eigenvalue weighted by atomic mass is 32.1. The van der Waals surface area contributed by atoms with Crippen LogP contribution in [0.15, 0.2) is 16.9 Å². The molecule has 128 valence electrons. The van der Waals surface area contributed by atoms with Gasteiger partial charge in [-0.3, -0.25) is 9.59 Å². The number of aromatic nitrogens is 1. The third-order valence-corrected chi connectivity index (χ3v) is 5.34. The second-order valence-electron chi connectivity index (χ2n) is 7.36. The first kappa shape index (κ1) is 18.4. The monoisotopic (exact) mass is 343 g/mol. The second kappa shape index (κ2) is 6.52. The second-order valence-corrected chi connectivity index (χ2v) is 8.43. The zero-order chi connectivity index (χ0) is 18.2. The maximum Gasteiger partial charge on any atom is 0.268 e. The molecule has 2 aromatic rings. The molecule has 0 bridgehead atoms. The van der Waals surface area contributed by atoms with Crippen LogP contribution in [0, 0.1) is 26.2 Å². The highest BCUT2D eigenvalue weighted by Gasteiger charge is 2.19. The Morgan fingerprint density at radius 3 is 2.25 bits per heavy atom. The van der Waals surface area contributed by atoms with Gasteiger partial charge in [-0.1, -0.05) is 32.9 Å². The van der Waals surface area contributed by atoms with Crippen LogP contribution in [0.4, 0.5) is 0 Å². The van der Waals surface area contributed by atoms with E-state index in [0.717, 1.165) is 11.1 Å². The Balaban J connectivity index is 2.65. The molecule has 1 aromatic heterocycles. The molecule has 3 nitrogen and oxygen atoms in total. The van der Waals surface area contributed by atoms with Crippen LogP contribution < -0.4 is 14.8 Å². The van der Waals surface area contributed by atoms with Gasteiger partial charge in [0.25, 0.3) is 5.56 Å². The number of nitrogens with zero attached hydrogens (tertiary/aromatic N) is 1. The molecule has 0 saturated carbocycles. The number of hydrogen-bond acceptors (Lipinski definition) is 3. The molecule has 0 radical (unpaired) electrons. The van der Waals surface area contributed by atoms with Gasteiger partial charge in [-0.05, 0) is 49.1 Å². The van der Waals surface area contributed by atoms with E-state index in [2.05, 4.69) is 26.0 Å². The molecular weight excluding hydrogens is 318 g/mol. The van der Waals surface area contributed by atoms with Crippen LogP contribution in [0.5, 0.6) is 0 Å². The summed E-state index contributed by atoms with van der Waals surface area (Å²) in [6, 6.07) is 4.24. The Kier molecular flexibility index (Phi) is 5.00. The number of hydrogen-bond donors (Lipinski definition) is 0. The van der Waals surface area contributed by atoms with Crippen LogP contribution in [0.1, 0.15) is 43.0 Å². The predicted molar refractivity (Wildman–Crippen MR) is 102 cm³/mol. The van der Waals surface area contributed by atoms with E-state index in [1.807, 2.05) is 33.8 Å². The van der Waals surface area contributed by atoms with Crippen molar-refractivity contribution in [3.05, 3.63) is 53.9 Å². The molecule has 0 fully saturated rings. The number of carbonyl (C=O) groups excluding carboxylic acids is 1. The average Bonchev–Trinajstić information content (AvgIpc) is 2.72. The third kappa shape index (κ3) is 3.75. The fourth-order valence-electron chi connectivity index (χ4n) is 2.32. The Labute approximate surface area is 147 Å². The number of rotatable bonds is 2. The van der Waals surface area contributed by atoms with E-state index in [-0.39, 0.29) is 11.3 Å². The Bertz CT molecular complexity index is 969. The average molecular weight is 343 g/mol. The van der Waals surface area contributed by atoms with Gasteiger partial charge < -0.3 is 4.57 Å². The molecule has 0 aliphatic heterocycles. The standard InChI is InChI=1S/C20H25NO2S/c1-12-8-14(3)15(9-13(12)2)10-16-19(23)21(7)18(24-16)11-17(22)20(4,5)6/h8-11H,1-7H3. The SMILES string of the molecule is Cc1cc(C)c(C=c2sc(=CC(=O)C(C)(C)C)n(C)c2=O)cc1C. The Morgan fingerprint density at radius 2 is 1.67 bits per heavy atom. The lowest BCUT2D eigenvalue weighted by molar-refractivity contribution is -0.120. The van der Waals surface area contributed by atoms with Crippen molar-refractivity contribution in [2.24, 2.45) is 12.5 Å². The van der Waals surface area contributed by atoms with E-state index in [4.69, 9.17) is 0 Å². The van der Waals surface area contributed by atoms with Crippen molar-refractivity contribution in [1.29, 1.82) is 0 Å². The first-order valence-corrected chi connectivity index (χ1v) is 8.84. The highest BCUT2D eigenvalue weighted by Crippen LogP contribution is 2.16. The number of Topliss-reactive ketones (excluding diaryl/α,β-unsaturated/α-hetero) is 1. The van der Waals surface area contributed by atoms with Crippen molar-refractivity contribution >= 4 is 29.3 Å². The molecule has 2 rings (SSSR count). The summed E-state index contributed by atoms with van der Waals surface area (Å²) in [5.74, 6) is 0.0215. The number of aryl methyl sites for hydroxylation is 3. The molecule has 4 heteroatoms. The van der Waals surface area contributed by atoms with Crippen LogP contribution in [-0.2, 0) is 11.8 Å². The summed E-state index contributed by atoms with van der Waals surface area (Å²) in [5.41, 5.74) is 4.12. The lowest BCUT2D eigenvalue weighted by Crippen LogP contribution is -2.30. The van der Waals surface area contributed by atoms with Crippen LogP contribution in [0.2, 0.25) is 0 Å². The van der Waals surface area contributed by atoms with Crippen LogP contribution in [0.25, 0.3) is 12.2 Å². The van der Waals surface area contributed by atoms with Crippen molar-refractivity contribution in [1.82, 2.24) is 4.57 Å². The summed E-state index contributed by atoms with van der Waals surface area (Å²) in [7, 11) is 1.71. The predicted octanol–water partition coefficient (Wildman–Crippen LogP) is 2.60. The first-order chi connectivity index (χ1) is 11.0. The summed E-state index contributed by atoms with van der Waals surface area (Å²) in [4.78, 5) is 24.7. The lowest BCUT2D eigenvalue weighted by atomic mass is 9.91. The van der Waals surface area contributed by atoms with Crippen molar-refractivity contribution in [3.63, 3.8) is 0 Å². The van der Waals surface area contributed by atoms with E-state index >= 15 is 0 Å². The quantitative estimate of drug-likeness (QED) is 0.841. The number of thiazole rings is 1. The summed E-state index contributed by atoms with van der Waals surface area (Å²) < 4.78 is 2.89. The molecule has 0 saturated heterocycles. The molecule has 24 heavy (non-hydrogen) atoms. The smallest absolute Gasteiger partial charge is 0.268 e. The van der Waals surface area contributed by atoms with E-state index in [1.54, 1.807) is 17.7 Å². The molecule has 0 atom stereocenters. The summed E-state index contributed by atoms with van der Waals surface area (Å²) in [6.45, 7) is 11.8. The fraction of sp³-hybridized carbons (Fsp3) is 0.400. The van der Waals surface area contributed by atoms with Gasteiger partial charge in [0.15, 0.2) is 5.78 Å². The summed E-state index contributed by atoms with van der Waals surface area (Å²) in [5, 5.41) is 0. The van der Waals surface area contributed by atoms with Gasteiger partial charge >= 0.3 is 0 Å². The Morgan fingerprint density at radius 1 is 1.08 bits per heavy atom. The largest absolute Gasteiger partial charge is 0.302 e. The maximum absolute atomic E-state index is 12.5. The van der Waals surface area contributed by atoms with Gasteiger partial charge in [0.05, 0.1) is 4.53 Å². The van der Waals surface area contributed by atoms with Crippen molar-refractivity contribution < 1.29 is 4.79 Å². The molecule has 1 heterocycles. The minimum absolute atomic E-state index is 0.0215. The van der Waals surface area contributed by atoms with Gasteiger partial charge in [-0.2, -0.15) is 0 Å². The van der Waals surface area contributed by atoms with Gasteiger partial charge in [0.2, 0.25) is 0 Å². The third-order valence-electron chi connectivity index (χ3n) is 4.22. The first-order valence-electron chi connectivity index (χ1n) is 8.02. The molecule has 0 unspecified atom stereocenters. The Hall–Kier alpha value is -1.94. The molecule has 1 aromatic carbocycles. The van der Waals surface area contributed by atoms with Crippen LogP contribution >= 0.6 is 11.3 Å². The fourth-order valence-corrected chi connectivity index (χ4v) is 3.34. The normalized spacial score (nSPS) is 13.6. The van der Waals surface area contributed by atoms with Crippen molar-refractivity contribution in [2.75, 3.05) is 0 Å². The van der Waals surface area contributed by atoms with E-state index in [0.29, 0.717) is 9.20 Å². The minimum atomic E-state index is -0.450. The molecule has 0 aliphatic carbocycles. The number of ketones is 1. The van der Waals surface area contributed by atoms with Crippen molar-refractivity contribution in [3.8, 4) is 0 Å². The van der Waals surface area contributed by atoms with Crippen molar-refractivity contribution in [2.45, 2.75) is 41.5 Å². The molecule has 0 N–H and O–H groups in total. The lowest BCUT2D eigenvalue weighted by Gasteiger charge is -2.12. The van der Waals surface area contributed by atoms with Gasteiger partial charge in [0.1, 0.15) is 4.66 Å². The van der Waals surface area contributed by atoms with Gasteiger partial charge in [-0.15, -0.1) is 11.3 Å². The van der Waals surface area contributed by atoms with Gasteiger partial charge in [-0.25, -0.2) is 0 Å². The number of benzene rings is 1. The molecular formula is C20H25NO2S. The summed E-state index contributed by atoms with van der Waals surface area (Å²) in [6.07, 6.45) is 3.50. The van der Waals surface area contributed by atoms with Crippen LogP contribution in [-0.4, -0.2) is 10.4 Å². The zero-order valence-corrected chi connectivity index (χ0v) is 16.3. The zero-order valence-electron chi connectivity index (χ0n) is 15.5. The van der Waals surface area contributed by atoms with Gasteiger partial charge in [0, 0.05) is 18.5 Å². The van der Waals surface area contributed by atoms with E-state index < -0.39 is 5.41 Å². The molecule has 0 spiro atoms. The topological polar surface area (TPSA) is 39.1 Å². The number of carbonyl (C=O) groups is 1. The van der Waals surface area contributed by atoms with Crippen LogP contribution in [0.3, 0.4) is 0 Å². The molecule has 0 amide bonds. The maximum atomic E-state index is 12.5. The highest BCUT2D eigenvalue weighted by molar-refractivity contribution is 7.07. The van der Waals surface area contributed by atoms with E-state index in [9.17, 15) is 9.59 Å². The molecule has 0 aliphatic rings. The summed E-state index contributed by atoms with van der Waals surface area (Å²) >= 11 is 1.36. The van der Waals surface area contributed by atoms with E-state index in [1.165, 1.54) is 22.5 Å².